The van der Waals surface area contributed by atoms with Crippen LogP contribution in [0.25, 0.3) is 11.4 Å². The van der Waals surface area contributed by atoms with E-state index in [2.05, 4.69) is 35.7 Å². The molecule has 0 amide bonds. The zero-order chi connectivity index (χ0) is 22.2. The number of morpholine rings is 1. The average Bonchev–Trinajstić information content (AvgIpc) is 3.34. The van der Waals surface area contributed by atoms with Gasteiger partial charge >= 0.3 is 0 Å². The molecule has 9 nitrogen and oxygen atoms in total. The van der Waals surface area contributed by atoms with E-state index in [-0.39, 0.29) is 5.54 Å². The second-order valence-corrected chi connectivity index (χ2v) is 8.50. The van der Waals surface area contributed by atoms with Crippen molar-refractivity contribution in [1.82, 2.24) is 30.7 Å². The lowest BCUT2D eigenvalue weighted by Gasteiger charge is -2.48. The minimum absolute atomic E-state index is 0.188. The highest BCUT2D eigenvalue weighted by Gasteiger charge is 2.38. The van der Waals surface area contributed by atoms with Gasteiger partial charge in [-0.15, -0.1) is 0 Å². The van der Waals surface area contributed by atoms with Crippen molar-refractivity contribution in [3.8, 4) is 17.1 Å². The molecular weight excluding hydrogens is 406 g/mol. The third-order valence-corrected chi connectivity index (χ3v) is 6.58. The first-order chi connectivity index (χ1) is 15.7. The summed E-state index contributed by atoms with van der Waals surface area (Å²) in [5.41, 5.74) is 1.13. The lowest BCUT2D eigenvalue weighted by molar-refractivity contribution is -0.0352. The van der Waals surface area contributed by atoms with E-state index in [0.717, 1.165) is 55.9 Å². The SMILES string of the molecule is CN=C(NCc1nc(-c2ccc(OC)cc2)n[nH]1)NCC1(N2CCOCC2)CCCCC1. The van der Waals surface area contributed by atoms with Gasteiger partial charge in [-0.25, -0.2) is 4.98 Å². The largest absolute Gasteiger partial charge is 0.497 e. The van der Waals surface area contributed by atoms with Crippen LogP contribution in [0.15, 0.2) is 29.3 Å². The molecule has 1 aromatic heterocycles. The van der Waals surface area contributed by atoms with Crippen LogP contribution in [0.4, 0.5) is 0 Å². The number of aliphatic imine (C=N–C) groups is 1. The molecule has 2 aromatic rings. The lowest BCUT2D eigenvalue weighted by atomic mass is 9.80. The Bertz CT molecular complexity index is 869. The van der Waals surface area contributed by atoms with Crippen LogP contribution in [0.5, 0.6) is 5.75 Å². The number of ether oxygens (including phenoxy) is 2. The van der Waals surface area contributed by atoms with Crippen molar-refractivity contribution in [1.29, 1.82) is 0 Å². The Balaban J connectivity index is 1.33. The van der Waals surface area contributed by atoms with Gasteiger partial charge in [0.15, 0.2) is 11.8 Å². The zero-order valence-electron chi connectivity index (χ0n) is 19.2. The van der Waals surface area contributed by atoms with E-state index in [0.29, 0.717) is 12.4 Å². The van der Waals surface area contributed by atoms with Crippen molar-refractivity contribution in [3.05, 3.63) is 30.1 Å². The standard InChI is InChI=1S/C23H35N7O2/c1-24-22(26-17-23(10-4-3-5-11-23)30-12-14-32-15-13-30)25-16-20-27-21(29-28-20)18-6-8-19(31-2)9-7-18/h6-9H,3-5,10-17H2,1-2H3,(H2,24,25,26)(H,27,28,29). The average molecular weight is 442 g/mol. The highest BCUT2D eigenvalue weighted by Crippen LogP contribution is 2.33. The molecule has 174 valence electrons. The fourth-order valence-electron chi connectivity index (χ4n) is 4.73. The monoisotopic (exact) mass is 441 g/mol. The van der Waals surface area contributed by atoms with E-state index >= 15 is 0 Å². The van der Waals surface area contributed by atoms with Crippen LogP contribution in [0.3, 0.4) is 0 Å². The molecule has 0 atom stereocenters. The molecule has 2 aliphatic rings. The maximum absolute atomic E-state index is 5.59. The van der Waals surface area contributed by atoms with Crippen LogP contribution in [0.2, 0.25) is 0 Å². The summed E-state index contributed by atoms with van der Waals surface area (Å²) in [6.07, 6.45) is 6.37. The molecule has 32 heavy (non-hydrogen) atoms. The normalized spacial score (nSPS) is 19.5. The highest BCUT2D eigenvalue weighted by atomic mass is 16.5. The lowest BCUT2D eigenvalue weighted by Crippen LogP contribution is -2.60. The molecule has 2 fully saturated rings. The quantitative estimate of drug-likeness (QED) is 0.447. The summed E-state index contributed by atoms with van der Waals surface area (Å²) in [5.74, 6) is 3.03. The van der Waals surface area contributed by atoms with Gasteiger partial charge < -0.3 is 20.1 Å². The molecule has 1 saturated carbocycles. The van der Waals surface area contributed by atoms with Gasteiger partial charge in [0.05, 0.1) is 26.9 Å². The Morgan fingerprint density at radius 2 is 1.91 bits per heavy atom. The molecule has 3 N–H and O–H groups in total. The predicted octanol–water partition coefficient (Wildman–Crippen LogP) is 2.18. The van der Waals surface area contributed by atoms with Crippen LogP contribution in [-0.2, 0) is 11.3 Å². The van der Waals surface area contributed by atoms with Gasteiger partial charge in [0.1, 0.15) is 11.6 Å². The van der Waals surface area contributed by atoms with Gasteiger partial charge in [-0.2, -0.15) is 5.10 Å². The Kier molecular flexibility index (Phi) is 7.59. The molecule has 9 heteroatoms. The zero-order valence-corrected chi connectivity index (χ0v) is 19.2. The number of H-pyrrole nitrogens is 1. The summed E-state index contributed by atoms with van der Waals surface area (Å²) in [4.78, 5) is 11.7. The van der Waals surface area contributed by atoms with Crippen molar-refractivity contribution < 1.29 is 9.47 Å². The third-order valence-electron chi connectivity index (χ3n) is 6.58. The van der Waals surface area contributed by atoms with E-state index in [1.54, 1.807) is 14.2 Å². The van der Waals surface area contributed by atoms with E-state index < -0.39 is 0 Å². The van der Waals surface area contributed by atoms with Gasteiger partial charge in [0.25, 0.3) is 0 Å². The van der Waals surface area contributed by atoms with Crippen LogP contribution in [-0.4, -0.2) is 78.6 Å². The molecular formula is C23H35N7O2. The molecule has 1 aliphatic heterocycles. The van der Waals surface area contributed by atoms with Crippen molar-refractivity contribution in [2.45, 2.75) is 44.2 Å². The van der Waals surface area contributed by atoms with Gasteiger partial charge in [0.2, 0.25) is 0 Å². The van der Waals surface area contributed by atoms with Crippen molar-refractivity contribution in [2.75, 3.05) is 47.0 Å². The first-order valence-electron chi connectivity index (χ1n) is 11.6. The number of hydrogen-bond donors (Lipinski definition) is 3. The number of benzene rings is 1. The summed E-state index contributed by atoms with van der Waals surface area (Å²) < 4.78 is 10.8. The number of hydrogen-bond acceptors (Lipinski definition) is 6. The molecule has 0 unspecified atom stereocenters. The van der Waals surface area contributed by atoms with Crippen LogP contribution < -0.4 is 15.4 Å². The highest BCUT2D eigenvalue weighted by molar-refractivity contribution is 5.79. The van der Waals surface area contributed by atoms with Crippen molar-refractivity contribution in [3.63, 3.8) is 0 Å². The number of aromatic amines is 1. The molecule has 1 saturated heterocycles. The number of nitrogens with one attached hydrogen (secondary N) is 3. The van der Waals surface area contributed by atoms with Crippen LogP contribution in [0, 0.1) is 0 Å². The fraction of sp³-hybridized carbons (Fsp3) is 0.609. The smallest absolute Gasteiger partial charge is 0.191 e. The van der Waals surface area contributed by atoms with Gasteiger partial charge in [0, 0.05) is 37.8 Å². The molecule has 1 aliphatic carbocycles. The molecule has 2 heterocycles. The van der Waals surface area contributed by atoms with Gasteiger partial charge in [-0.1, -0.05) is 19.3 Å². The van der Waals surface area contributed by atoms with Crippen molar-refractivity contribution in [2.24, 2.45) is 4.99 Å². The maximum Gasteiger partial charge on any atom is 0.191 e. The number of rotatable bonds is 7. The van der Waals surface area contributed by atoms with Crippen LogP contribution in [0.1, 0.15) is 37.9 Å². The van der Waals surface area contributed by atoms with E-state index in [1.165, 1.54) is 32.1 Å². The minimum atomic E-state index is 0.188. The molecule has 1 aromatic carbocycles. The minimum Gasteiger partial charge on any atom is -0.497 e. The summed E-state index contributed by atoms with van der Waals surface area (Å²) in [6, 6.07) is 7.72. The Morgan fingerprint density at radius 1 is 1.16 bits per heavy atom. The Hall–Kier alpha value is -2.65. The number of guanidine groups is 1. The molecule has 0 bridgehead atoms. The fourth-order valence-corrected chi connectivity index (χ4v) is 4.73. The Morgan fingerprint density at radius 3 is 2.59 bits per heavy atom. The summed E-state index contributed by atoms with van der Waals surface area (Å²) in [6.45, 7) is 5.10. The first-order valence-corrected chi connectivity index (χ1v) is 11.6. The van der Waals surface area contributed by atoms with E-state index in [4.69, 9.17) is 9.47 Å². The summed E-state index contributed by atoms with van der Waals surface area (Å²) in [5, 5.41) is 14.3. The summed E-state index contributed by atoms with van der Waals surface area (Å²) in [7, 11) is 3.46. The Labute approximate surface area is 190 Å². The summed E-state index contributed by atoms with van der Waals surface area (Å²) >= 11 is 0. The molecule has 0 radical (unpaired) electrons. The topological polar surface area (TPSA) is 99.7 Å². The third kappa shape index (κ3) is 5.39. The van der Waals surface area contributed by atoms with Crippen LogP contribution >= 0.6 is 0 Å². The van der Waals surface area contributed by atoms with Gasteiger partial charge in [-0.05, 0) is 37.1 Å². The van der Waals surface area contributed by atoms with E-state index in [1.807, 2.05) is 24.3 Å². The second kappa shape index (κ2) is 10.8. The number of nitrogens with zero attached hydrogens (tertiary/aromatic N) is 4. The first kappa shape index (κ1) is 22.5. The predicted molar refractivity (Wildman–Crippen MR) is 125 cm³/mol. The maximum atomic E-state index is 5.59. The number of methoxy groups -OCH3 is 1. The second-order valence-electron chi connectivity index (χ2n) is 8.50. The van der Waals surface area contributed by atoms with Gasteiger partial charge in [-0.3, -0.25) is 15.0 Å². The number of aromatic nitrogens is 3. The van der Waals surface area contributed by atoms with E-state index in [9.17, 15) is 0 Å². The van der Waals surface area contributed by atoms with Crippen molar-refractivity contribution >= 4 is 5.96 Å². The molecule has 0 spiro atoms. The molecule has 4 rings (SSSR count).